The summed E-state index contributed by atoms with van der Waals surface area (Å²) in [6, 6.07) is 0. The first-order chi connectivity index (χ1) is 11.5. The predicted molar refractivity (Wildman–Crippen MR) is 86.1 cm³/mol. The topological polar surface area (TPSA) is 111 Å². The average Bonchev–Trinajstić information content (AvgIpc) is 2.57. The zero-order valence-corrected chi connectivity index (χ0v) is 14.2. The van der Waals surface area contributed by atoms with Gasteiger partial charge in [-0.05, 0) is 19.8 Å². The third kappa shape index (κ3) is 3.55. The Labute approximate surface area is 144 Å². The van der Waals surface area contributed by atoms with Gasteiger partial charge in [0.2, 0.25) is 5.75 Å². The molecular formula is C15H21ClN2O6. The van der Waals surface area contributed by atoms with Crippen molar-refractivity contribution in [3.05, 3.63) is 21.9 Å². The number of nitrogens with zero attached hydrogens (tertiary/aromatic N) is 2. The van der Waals surface area contributed by atoms with Gasteiger partial charge in [0.15, 0.2) is 5.69 Å². The average molecular weight is 361 g/mol. The summed E-state index contributed by atoms with van der Waals surface area (Å²) in [6.45, 7) is 3.48. The molecule has 2 rings (SSSR count). The van der Waals surface area contributed by atoms with E-state index in [9.17, 15) is 19.8 Å². The molecule has 1 aromatic heterocycles. The van der Waals surface area contributed by atoms with E-state index in [0.717, 1.165) is 0 Å². The van der Waals surface area contributed by atoms with Gasteiger partial charge in [-0.25, -0.2) is 9.78 Å². The number of hydrogen-bond acceptors (Lipinski definition) is 6. The first kappa shape index (κ1) is 18.7. The van der Waals surface area contributed by atoms with Crippen LogP contribution >= 0.6 is 11.6 Å². The molecule has 0 saturated carbocycles. The van der Waals surface area contributed by atoms with Crippen molar-refractivity contribution >= 4 is 17.6 Å². The smallest absolute Gasteiger partial charge is 0.358 e. The normalized spacial score (nSPS) is 16.9. The highest BCUT2D eigenvalue weighted by Gasteiger charge is 2.40. The van der Waals surface area contributed by atoms with E-state index < -0.39 is 28.4 Å². The Morgan fingerprint density at radius 1 is 1.46 bits per heavy atom. The van der Waals surface area contributed by atoms with Crippen LogP contribution in [0.1, 0.15) is 36.1 Å². The maximum Gasteiger partial charge on any atom is 0.358 e. The number of rotatable bonds is 7. The van der Waals surface area contributed by atoms with Crippen LogP contribution in [0.5, 0.6) is 5.75 Å². The third-order valence-electron chi connectivity index (χ3n) is 4.19. The lowest BCUT2D eigenvalue weighted by atomic mass is 9.79. The molecule has 0 aromatic carbocycles. The maximum atomic E-state index is 12.4. The van der Waals surface area contributed by atoms with Gasteiger partial charge in [-0.1, -0.05) is 0 Å². The molecule has 9 heteroatoms. The minimum Gasteiger partial charge on any atom is -0.501 e. The maximum absolute atomic E-state index is 12.4. The van der Waals surface area contributed by atoms with Crippen LogP contribution in [0.4, 0.5) is 0 Å². The molecule has 0 radical (unpaired) electrons. The summed E-state index contributed by atoms with van der Waals surface area (Å²) in [7, 11) is 0. The van der Waals surface area contributed by atoms with E-state index in [-0.39, 0.29) is 13.2 Å². The van der Waals surface area contributed by atoms with E-state index in [0.29, 0.717) is 44.4 Å². The SMILES string of the molecule is CCn1c(C2(COCCCl)CCOCC2)nc(C(=O)O)c(O)c1=O. The highest BCUT2D eigenvalue weighted by molar-refractivity contribution is 6.17. The van der Waals surface area contributed by atoms with E-state index in [1.807, 2.05) is 0 Å². The number of alkyl halides is 1. The van der Waals surface area contributed by atoms with Gasteiger partial charge in [-0.15, -0.1) is 11.6 Å². The second-order valence-electron chi connectivity index (χ2n) is 5.62. The van der Waals surface area contributed by atoms with Crippen LogP contribution in [0.15, 0.2) is 4.79 Å². The van der Waals surface area contributed by atoms with Crippen LogP contribution < -0.4 is 5.56 Å². The zero-order valence-electron chi connectivity index (χ0n) is 13.5. The Hall–Kier alpha value is -1.64. The van der Waals surface area contributed by atoms with Crippen LogP contribution in [0.3, 0.4) is 0 Å². The monoisotopic (exact) mass is 360 g/mol. The van der Waals surface area contributed by atoms with Crippen LogP contribution in [-0.2, 0) is 21.4 Å². The fraction of sp³-hybridized carbons (Fsp3) is 0.667. The first-order valence-corrected chi connectivity index (χ1v) is 8.29. The molecule has 8 nitrogen and oxygen atoms in total. The molecule has 0 amide bonds. The van der Waals surface area contributed by atoms with Crippen molar-refractivity contribution in [1.29, 1.82) is 0 Å². The molecule has 0 atom stereocenters. The van der Waals surface area contributed by atoms with Crippen molar-refractivity contribution in [2.45, 2.75) is 31.7 Å². The summed E-state index contributed by atoms with van der Waals surface area (Å²) in [5, 5.41) is 19.1. The minimum absolute atomic E-state index is 0.249. The first-order valence-electron chi connectivity index (χ1n) is 7.76. The van der Waals surface area contributed by atoms with Crippen molar-refractivity contribution in [2.75, 3.05) is 32.3 Å². The number of carboxylic acid groups (broad SMARTS) is 1. The molecular weight excluding hydrogens is 340 g/mol. The van der Waals surface area contributed by atoms with Gasteiger partial charge in [0, 0.05) is 25.6 Å². The highest BCUT2D eigenvalue weighted by atomic mass is 35.5. The van der Waals surface area contributed by atoms with E-state index >= 15 is 0 Å². The fourth-order valence-electron chi connectivity index (χ4n) is 2.91. The number of aromatic carboxylic acids is 1. The van der Waals surface area contributed by atoms with Gasteiger partial charge in [-0.2, -0.15) is 0 Å². The van der Waals surface area contributed by atoms with Crippen molar-refractivity contribution in [2.24, 2.45) is 0 Å². The molecule has 1 fully saturated rings. The number of carboxylic acids is 1. The summed E-state index contributed by atoms with van der Waals surface area (Å²) >= 11 is 5.65. The Bertz CT molecular complexity index is 654. The van der Waals surface area contributed by atoms with Gasteiger partial charge in [0.1, 0.15) is 5.82 Å². The summed E-state index contributed by atoms with van der Waals surface area (Å²) < 4.78 is 12.3. The van der Waals surface area contributed by atoms with E-state index in [1.165, 1.54) is 4.57 Å². The number of aromatic nitrogens is 2. The molecule has 0 spiro atoms. The summed E-state index contributed by atoms with van der Waals surface area (Å²) in [5.74, 6) is -1.66. The summed E-state index contributed by atoms with van der Waals surface area (Å²) in [5.41, 5.74) is -2.05. The summed E-state index contributed by atoms with van der Waals surface area (Å²) in [6.07, 6.45) is 1.07. The van der Waals surface area contributed by atoms with E-state index in [1.54, 1.807) is 6.92 Å². The second-order valence-corrected chi connectivity index (χ2v) is 6.00. The van der Waals surface area contributed by atoms with Crippen molar-refractivity contribution in [3.8, 4) is 5.75 Å². The molecule has 1 aliphatic rings. The highest BCUT2D eigenvalue weighted by Crippen LogP contribution is 2.34. The molecule has 2 N–H and O–H groups in total. The second kappa shape index (κ2) is 7.96. The van der Waals surface area contributed by atoms with Crippen LogP contribution in [0.25, 0.3) is 0 Å². The molecule has 24 heavy (non-hydrogen) atoms. The predicted octanol–water partition coefficient (Wildman–Crippen LogP) is 0.971. The lowest BCUT2D eigenvalue weighted by molar-refractivity contribution is -0.00192. The Kier molecular flexibility index (Phi) is 6.20. The third-order valence-corrected chi connectivity index (χ3v) is 4.34. The van der Waals surface area contributed by atoms with Crippen LogP contribution in [-0.4, -0.2) is 58.0 Å². The van der Waals surface area contributed by atoms with E-state index in [4.69, 9.17) is 21.1 Å². The largest absolute Gasteiger partial charge is 0.501 e. The Morgan fingerprint density at radius 3 is 2.67 bits per heavy atom. The van der Waals surface area contributed by atoms with Crippen molar-refractivity contribution in [1.82, 2.24) is 9.55 Å². The van der Waals surface area contributed by atoms with Crippen LogP contribution in [0, 0.1) is 0 Å². The minimum atomic E-state index is -1.45. The molecule has 2 heterocycles. The van der Waals surface area contributed by atoms with E-state index in [2.05, 4.69) is 4.98 Å². The molecule has 1 aliphatic heterocycles. The standard InChI is InChI=1S/C15H21ClN2O6/c1-2-18-12(20)11(19)10(13(21)22)17-14(18)15(9-24-8-5-16)3-6-23-7-4-15/h19H,2-9H2,1H3,(H,21,22). The number of carbonyl (C=O) groups is 1. The number of ether oxygens (including phenoxy) is 2. The molecule has 1 saturated heterocycles. The molecule has 0 bridgehead atoms. The Morgan fingerprint density at radius 2 is 2.12 bits per heavy atom. The van der Waals surface area contributed by atoms with Gasteiger partial charge < -0.3 is 19.7 Å². The molecule has 134 valence electrons. The van der Waals surface area contributed by atoms with Crippen molar-refractivity contribution in [3.63, 3.8) is 0 Å². The lowest BCUT2D eigenvalue weighted by Gasteiger charge is -2.37. The fourth-order valence-corrected chi connectivity index (χ4v) is 3.02. The van der Waals surface area contributed by atoms with Gasteiger partial charge in [0.05, 0.1) is 18.6 Å². The number of halogens is 1. The number of hydrogen-bond donors (Lipinski definition) is 2. The quantitative estimate of drug-likeness (QED) is 0.550. The van der Waals surface area contributed by atoms with Gasteiger partial charge in [-0.3, -0.25) is 9.36 Å². The molecule has 0 unspecified atom stereocenters. The molecule has 0 aliphatic carbocycles. The Balaban J connectivity index is 2.59. The number of aromatic hydroxyl groups is 1. The van der Waals surface area contributed by atoms with Gasteiger partial charge >= 0.3 is 5.97 Å². The summed E-state index contributed by atoms with van der Waals surface area (Å²) in [4.78, 5) is 27.8. The lowest BCUT2D eigenvalue weighted by Crippen LogP contribution is -2.44. The zero-order chi connectivity index (χ0) is 17.7. The van der Waals surface area contributed by atoms with Gasteiger partial charge in [0.25, 0.3) is 5.56 Å². The van der Waals surface area contributed by atoms with Crippen LogP contribution in [0.2, 0.25) is 0 Å². The molecule has 1 aromatic rings. The van der Waals surface area contributed by atoms with Crippen molar-refractivity contribution < 1.29 is 24.5 Å².